The molecule has 0 radical (unpaired) electrons. The first-order valence-electron chi connectivity index (χ1n) is 8.48. The van der Waals surface area contributed by atoms with Gasteiger partial charge < -0.3 is 9.64 Å². The number of rotatable bonds is 3. The fourth-order valence-electron chi connectivity index (χ4n) is 4.22. The van der Waals surface area contributed by atoms with E-state index in [4.69, 9.17) is 4.74 Å². The van der Waals surface area contributed by atoms with Crippen molar-refractivity contribution < 1.29 is 9.53 Å². The number of benzene rings is 1. The molecule has 22 heavy (non-hydrogen) atoms. The predicted octanol–water partition coefficient (Wildman–Crippen LogP) is 1.90. The van der Waals surface area contributed by atoms with Gasteiger partial charge in [0, 0.05) is 32.2 Å². The molecule has 3 aliphatic rings. The van der Waals surface area contributed by atoms with E-state index in [2.05, 4.69) is 34.1 Å². The minimum Gasteiger partial charge on any atom is -0.366 e. The number of likely N-dealkylation sites (tertiary alicyclic amines) is 1. The molecule has 4 nitrogen and oxygen atoms in total. The van der Waals surface area contributed by atoms with Gasteiger partial charge in [-0.25, -0.2) is 0 Å². The van der Waals surface area contributed by atoms with Gasteiger partial charge in [0.25, 0.3) is 5.91 Å². The molecule has 4 rings (SSSR count). The van der Waals surface area contributed by atoms with Gasteiger partial charge in [-0.05, 0) is 30.7 Å². The Balaban J connectivity index is 1.37. The summed E-state index contributed by atoms with van der Waals surface area (Å²) in [6.07, 6.45) is 3.44. The van der Waals surface area contributed by atoms with Crippen molar-refractivity contribution >= 4 is 5.91 Å². The molecule has 118 valence electrons. The summed E-state index contributed by atoms with van der Waals surface area (Å²) in [5.74, 6) is 0.975. The van der Waals surface area contributed by atoms with E-state index in [1.54, 1.807) is 0 Å². The molecular formula is C18H24N2O2. The fourth-order valence-corrected chi connectivity index (χ4v) is 4.22. The number of hydrogen-bond donors (Lipinski definition) is 0. The van der Waals surface area contributed by atoms with Crippen LogP contribution in [0.15, 0.2) is 30.3 Å². The Labute approximate surface area is 132 Å². The zero-order valence-electron chi connectivity index (χ0n) is 13.0. The smallest absolute Gasteiger partial charge is 0.253 e. The minimum absolute atomic E-state index is 0.227. The van der Waals surface area contributed by atoms with Crippen LogP contribution in [-0.4, -0.2) is 54.1 Å². The topological polar surface area (TPSA) is 32.8 Å². The Hall–Kier alpha value is -1.39. The molecule has 3 fully saturated rings. The largest absolute Gasteiger partial charge is 0.366 e. The monoisotopic (exact) mass is 300 g/mol. The Morgan fingerprint density at radius 3 is 2.77 bits per heavy atom. The maximum atomic E-state index is 12.8. The summed E-state index contributed by atoms with van der Waals surface area (Å²) in [6, 6.07) is 11.0. The van der Waals surface area contributed by atoms with E-state index >= 15 is 0 Å². The van der Waals surface area contributed by atoms with E-state index in [-0.39, 0.29) is 12.0 Å². The third-order valence-electron chi connectivity index (χ3n) is 5.37. The molecule has 0 N–H and O–H groups in total. The summed E-state index contributed by atoms with van der Waals surface area (Å²) >= 11 is 0. The quantitative estimate of drug-likeness (QED) is 0.855. The molecule has 0 unspecified atom stereocenters. The summed E-state index contributed by atoms with van der Waals surface area (Å²) in [5.41, 5.74) is 1.30. The number of piperidine rings is 1. The molecule has 1 aliphatic carbocycles. The third-order valence-corrected chi connectivity index (χ3v) is 5.37. The van der Waals surface area contributed by atoms with Crippen LogP contribution in [0.25, 0.3) is 0 Å². The summed E-state index contributed by atoms with van der Waals surface area (Å²) in [6.45, 7) is 4.15. The highest BCUT2D eigenvalue weighted by atomic mass is 16.5. The Morgan fingerprint density at radius 1 is 1.18 bits per heavy atom. The van der Waals surface area contributed by atoms with Crippen molar-refractivity contribution in [3.8, 4) is 0 Å². The second-order valence-electron chi connectivity index (χ2n) is 6.90. The molecule has 3 atom stereocenters. The molecule has 0 spiro atoms. The summed E-state index contributed by atoms with van der Waals surface area (Å²) in [7, 11) is 0. The number of nitrogens with zero attached hydrogens (tertiary/aromatic N) is 2. The van der Waals surface area contributed by atoms with Crippen LogP contribution in [0.5, 0.6) is 0 Å². The van der Waals surface area contributed by atoms with Gasteiger partial charge in [0.15, 0.2) is 0 Å². The second-order valence-corrected chi connectivity index (χ2v) is 6.90. The van der Waals surface area contributed by atoms with Gasteiger partial charge in [-0.1, -0.05) is 30.3 Å². The van der Waals surface area contributed by atoms with E-state index in [9.17, 15) is 4.79 Å². The van der Waals surface area contributed by atoms with Gasteiger partial charge in [-0.3, -0.25) is 9.69 Å². The van der Waals surface area contributed by atoms with Gasteiger partial charge in [-0.15, -0.1) is 0 Å². The predicted molar refractivity (Wildman–Crippen MR) is 84.3 cm³/mol. The van der Waals surface area contributed by atoms with Crippen molar-refractivity contribution in [2.75, 3.05) is 26.2 Å². The fraction of sp³-hybridized carbons (Fsp3) is 0.611. The number of fused-ring (bicyclic) bond motifs is 2. The Morgan fingerprint density at radius 2 is 2.05 bits per heavy atom. The highest BCUT2D eigenvalue weighted by Gasteiger charge is 2.43. The second kappa shape index (κ2) is 6.01. The first-order valence-corrected chi connectivity index (χ1v) is 8.48. The van der Waals surface area contributed by atoms with Crippen molar-refractivity contribution in [1.29, 1.82) is 0 Å². The maximum Gasteiger partial charge on any atom is 0.253 e. The normalized spacial score (nSPS) is 31.6. The molecule has 1 saturated carbocycles. The lowest BCUT2D eigenvalue weighted by molar-refractivity contribution is -0.151. The van der Waals surface area contributed by atoms with E-state index in [0.29, 0.717) is 12.6 Å². The molecule has 0 aromatic heterocycles. The number of carbonyl (C=O) groups is 1. The average Bonchev–Trinajstić information content (AvgIpc) is 3.18. The molecule has 1 aromatic carbocycles. The number of hydrogen-bond acceptors (Lipinski definition) is 3. The van der Waals surface area contributed by atoms with Crippen molar-refractivity contribution in [2.24, 2.45) is 5.92 Å². The van der Waals surface area contributed by atoms with Gasteiger partial charge in [-0.2, -0.15) is 0 Å². The molecule has 2 saturated heterocycles. The van der Waals surface area contributed by atoms with Crippen LogP contribution >= 0.6 is 0 Å². The van der Waals surface area contributed by atoms with Crippen LogP contribution in [0.1, 0.15) is 24.8 Å². The number of carbonyl (C=O) groups excluding carboxylic acids is 1. The number of amides is 1. The lowest BCUT2D eigenvalue weighted by atomic mass is 10.1. The molecular weight excluding hydrogens is 276 g/mol. The van der Waals surface area contributed by atoms with Crippen LogP contribution in [0.2, 0.25) is 0 Å². The standard InChI is InChI=1S/C18H24N2O2/c21-18(20-12-15-6-7-16(20)10-15)17-13-19(8-9-22-17)11-14-4-2-1-3-5-14/h1-5,15-17H,6-13H2/t15-,16-,17-/m0/s1. The van der Waals surface area contributed by atoms with Crippen molar-refractivity contribution in [1.82, 2.24) is 9.80 Å². The third kappa shape index (κ3) is 2.77. The summed E-state index contributed by atoms with van der Waals surface area (Å²) in [5, 5.41) is 0. The SMILES string of the molecule is O=C([C@@H]1CN(Cc2ccccc2)CCO1)N1C[C@H]2CC[C@H]1C2. The molecule has 2 heterocycles. The van der Waals surface area contributed by atoms with Gasteiger partial charge in [0.05, 0.1) is 6.61 Å². The lowest BCUT2D eigenvalue weighted by Gasteiger charge is -2.36. The molecule has 2 bridgehead atoms. The maximum absolute atomic E-state index is 12.8. The van der Waals surface area contributed by atoms with Gasteiger partial charge >= 0.3 is 0 Å². The van der Waals surface area contributed by atoms with E-state index in [0.717, 1.165) is 32.1 Å². The average molecular weight is 300 g/mol. The van der Waals surface area contributed by atoms with E-state index < -0.39 is 0 Å². The number of morpholine rings is 1. The number of ether oxygens (including phenoxy) is 1. The lowest BCUT2D eigenvalue weighted by Crippen LogP contribution is -2.52. The Bertz CT molecular complexity index is 533. The first kappa shape index (κ1) is 14.2. The highest BCUT2D eigenvalue weighted by molar-refractivity contribution is 5.82. The van der Waals surface area contributed by atoms with Gasteiger partial charge in [0.1, 0.15) is 6.10 Å². The van der Waals surface area contributed by atoms with Crippen LogP contribution in [0.3, 0.4) is 0 Å². The van der Waals surface area contributed by atoms with Crippen LogP contribution in [0.4, 0.5) is 0 Å². The zero-order valence-corrected chi connectivity index (χ0v) is 13.0. The van der Waals surface area contributed by atoms with Crippen LogP contribution in [-0.2, 0) is 16.1 Å². The summed E-state index contributed by atoms with van der Waals surface area (Å²) < 4.78 is 5.79. The summed E-state index contributed by atoms with van der Waals surface area (Å²) in [4.78, 5) is 17.2. The van der Waals surface area contributed by atoms with E-state index in [1.807, 2.05) is 6.07 Å². The van der Waals surface area contributed by atoms with Crippen LogP contribution < -0.4 is 0 Å². The molecule has 2 aliphatic heterocycles. The van der Waals surface area contributed by atoms with Gasteiger partial charge in [0.2, 0.25) is 0 Å². The van der Waals surface area contributed by atoms with E-state index in [1.165, 1.54) is 24.8 Å². The van der Waals surface area contributed by atoms with Crippen molar-refractivity contribution in [3.63, 3.8) is 0 Å². The Kier molecular flexibility index (Phi) is 3.89. The highest BCUT2D eigenvalue weighted by Crippen LogP contribution is 2.37. The first-order chi connectivity index (χ1) is 10.8. The van der Waals surface area contributed by atoms with Crippen molar-refractivity contribution in [2.45, 2.75) is 38.0 Å². The molecule has 1 amide bonds. The zero-order chi connectivity index (χ0) is 14.9. The molecule has 4 heteroatoms. The minimum atomic E-state index is -0.267. The van der Waals surface area contributed by atoms with Crippen molar-refractivity contribution in [3.05, 3.63) is 35.9 Å². The van der Waals surface area contributed by atoms with Crippen LogP contribution in [0, 0.1) is 5.92 Å². The molecule has 1 aromatic rings.